The molecule has 1 heterocycles. The van der Waals surface area contributed by atoms with Crippen molar-refractivity contribution in [3.8, 4) is 6.07 Å². The quantitative estimate of drug-likeness (QED) is 0.891. The fourth-order valence-electron chi connectivity index (χ4n) is 1.57. The van der Waals surface area contributed by atoms with Crippen molar-refractivity contribution < 1.29 is 14.3 Å². The van der Waals surface area contributed by atoms with E-state index in [0.29, 0.717) is 17.9 Å². The number of aromatic carboxylic acids is 1. The second-order valence-electron chi connectivity index (χ2n) is 4.00. The summed E-state index contributed by atoms with van der Waals surface area (Å²) in [5, 5.41) is 20.5. The molecule has 2 N–H and O–H groups in total. The Bertz CT molecular complexity index is 678. The number of nitrogens with zero attached hydrogens (tertiary/aromatic N) is 2. The summed E-state index contributed by atoms with van der Waals surface area (Å²) < 4.78 is 13.1. The SMILES string of the molecule is N#Cc1cc(NCc2ccc(C(=O)O)cn2)ccc1F. The van der Waals surface area contributed by atoms with Gasteiger partial charge in [-0.1, -0.05) is 0 Å². The normalized spacial score (nSPS) is 9.80. The van der Waals surface area contributed by atoms with Crippen LogP contribution >= 0.6 is 0 Å². The first-order valence-corrected chi connectivity index (χ1v) is 5.72. The van der Waals surface area contributed by atoms with Gasteiger partial charge in [-0.25, -0.2) is 9.18 Å². The van der Waals surface area contributed by atoms with Gasteiger partial charge in [0.05, 0.1) is 23.4 Å². The molecule has 0 spiro atoms. The molecule has 2 aromatic rings. The molecule has 0 saturated carbocycles. The van der Waals surface area contributed by atoms with E-state index in [-0.39, 0.29) is 11.1 Å². The van der Waals surface area contributed by atoms with Crippen molar-refractivity contribution in [3.05, 3.63) is 59.2 Å². The van der Waals surface area contributed by atoms with Gasteiger partial charge in [-0.05, 0) is 30.3 Å². The van der Waals surface area contributed by atoms with Crippen molar-refractivity contribution in [2.45, 2.75) is 6.54 Å². The Balaban J connectivity index is 2.05. The second-order valence-corrected chi connectivity index (χ2v) is 4.00. The highest BCUT2D eigenvalue weighted by molar-refractivity contribution is 5.87. The molecule has 0 aliphatic rings. The number of carboxylic acids is 1. The Labute approximate surface area is 114 Å². The minimum absolute atomic E-state index is 0.0378. The Morgan fingerprint density at radius 1 is 1.40 bits per heavy atom. The van der Waals surface area contributed by atoms with Gasteiger partial charge in [0, 0.05) is 11.9 Å². The molecule has 6 heteroatoms. The number of benzene rings is 1. The molecule has 0 atom stereocenters. The number of aromatic nitrogens is 1. The van der Waals surface area contributed by atoms with Gasteiger partial charge in [-0.2, -0.15) is 5.26 Å². The second kappa shape index (κ2) is 5.80. The van der Waals surface area contributed by atoms with Crippen LogP contribution in [0, 0.1) is 17.1 Å². The first-order valence-electron chi connectivity index (χ1n) is 5.72. The van der Waals surface area contributed by atoms with Crippen LogP contribution in [-0.4, -0.2) is 16.1 Å². The summed E-state index contributed by atoms with van der Waals surface area (Å²) in [5.74, 6) is -1.60. The predicted octanol–water partition coefficient (Wildman–Crippen LogP) is 2.40. The molecule has 0 aliphatic carbocycles. The molecule has 1 aromatic heterocycles. The molecule has 1 aromatic carbocycles. The molecule has 0 fully saturated rings. The van der Waals surface area contributed by atoms with Gasteiger partial charge >= 0.3 is 5.97 Å². The zero-order valence-corrected chi connectivity index (χ0v) is 10.3. The van der Waals surface area contributed by atoms with Crippen molar-refractivity contribution >= 4 is 11.7 Å². The van der Waals surface area contributed by atoms with Gasteiger partial charge in [0.15, 0.2) is 0 Å². The lowest BCUT2D eigenvalue weighted by Crippen LogP contribution is -2.04. The summed E-state index contributed by atoms with van der Waals surface area (Å²) in [6, 6.07) is 8.93. The van der Waals surface area contributed by atoms with E-state index in [0.717, 1.165) is 0 Å². The molecule has 100 valence electrons. The zero-order valence-electron chi connectivity index (χ0n) is 10.3. The highest BCUT2D eigenvalue weighted by Crippen LogP contribution is 2.14. The van der Waals surface area contributed by atoms with Gasteiger partial charge in [0.1, 0.15) is 11.9 Å². The molecular weight excluding hydrogens is 261 g/mol. The van der Waals surface area contributed by atoms with Gasteiger partial charge in [-0.3, -0.25) is 4.98 Å². The van der Waals surface area contributed by atoms with Gasteiger partial charge < -0.3 is 10.4 Å². The Morgan fingerprint density at radius 2 is 2.20 bits per heavy atom. The predicted molar refractivity (Wildman–Crippen MR) is 69.6 cm³/mol. The Morgan fingerprint density at radius 3 is 2.80 bits per heavy atom. The standard InChI is InChI=1S/C14H10FN3O2/c15-13-4-3-11(5-10(13)6-16)18-8-12-2-1-9(7-17-12)14(19)20/h1-5,7,18H,8H2,(H,19,20). The van der Waals surface area contributed by atoms with E-state index in [1.165, 1.54) is 30.5 Å². The molecule has 0 unspecified atom stereocenters. The zero-order chi connectivity index (χ0) is 14.5. The minimum atomic E-state index is -1.03. The van der Waals surface area contributed by atoms with Crippen molar-refractivity contribution in [1.29, 1.82) is 5.26 Å². The Hall–Kier alpha value is -2.94. The third kappa shape index (κ3) is 3.09. The van der Waals surface area contributed by atoms with Crippen LogP contribution in [0.5, 0.6) is 0 Å². The van der Waals surface area contributed by atoms with Crippen LogP contribution in [0.2, 0.25) is 0 Å². The van der Waals surface area contributed by atoms with Crippen molar-refractivity contribution in [2.24, 2.45) is 0 Å². The first kappa shape index (κ1) is 13.5. The number of hydrogen-bond donors (Lipinski definition) is 2. The molecular formula is C14H10FN3O2. The number of carbonyl (C=O) groups is 1. The smallest absolute Gasteiger partial charge is 0.337 e. The summed E-state index contributed by atoms with van der Waals surface area (Å²) in [6.07, 6.45) is 1.27. The number of pyridine rings is 1. The molecule has 0 amide bonds. The van der Waals surface area contributed by atoms with Crippen LogP contribution in [0.4, 0.5) is 10.1 Å². The summed E-state index contributed by atoms with van der Waals surface area (Å²) in [4.78, 5) is 14.7. The van der Waals surface area contributed by atoms with Crippen LogP contribution in [-0.2, 0) is 6.54 Å². The average molecular weight is 271 g/mol. The maximum absolute atomic E-state index is 13.1. The van der Waals surface area contributed by atoms with Crippen LogP contribution in [0.3, 0.4) is 0 Å². The monoisotopic (exact) mass is 271 g/mol. The number of carboxylic acid groups (broad SMARTS) is 1. The lowest BCUT2D eigenvalue weighted by Gasteiger charge is -2.06. The topological polar surface area (TPSA) is 86.0 Å². The summed E-state index contributed by atoms with van der Waals surface area (Å²) in [5.41, 5.74) is 1.30. The van der Waals surface area contributed by atoms with E-state index in [2.05, 4.69) is 10.3 Å². The van der Waals surface area contributed by atoms with Crippen LogP contribution in [0.1, 0.15) is 21.6 Å². The van der Waals surface area contributed by atoms with Crippen molar-refractivity contribution in [1.82, 2.24) is 4.98 Å². The molecule has 20 heavy (non-hydrogen) atoms. The number of hydrogen-bond acceptors (Lipinski definition) is 4. The summed E-state index contributed by atoms with van der Waals surface area (Å²) in [6.45, 7) is 0.344. The minimum Gasteiger partial charge on any atom is -0.478 e. The van der Waals surface area contributed by atoms with Crippen LogP contribution in [0.25, 0.3) is 0 Å². The van der Waals surface area contributed by atoms with Crippen LogP contribution < -0.4 is 5.32 Å². The summed E-state index contributed by atoms with van der Waals surface area (Å²) in [7, 11) is 0. The van der Waals surface area contributed by atoms with Crippen molar-refractivity contribution in [2.75, 3.05) is 5.32 Å². The number of nitriles is 1. The lowest BCUT2D eigenvalue weighted by molar-refractivity contribution is 0.0696. The van der Waals surface area contributed by atoms with E-state index in [1.807, 2.05) is 0 Å². The number of anilines is 1. The number of nitrogens with one attached hydrogen (secondary N) is 1. The highest BCUT2D eigenvalue weighted by atomic mass is 19.1. The van der Waals surface area contributed by atoms with Gasteiger partial charge in [0.25, 0.3) is 0 Å². The van der Waals surface area contributed by atoms with E-state index >= 15 is 0 Å². The fourth-order valence-corrected chi connectivity index (χ4v) is 1.57. The number of rotatable bonds is 4. The molecule has 2 rings (SSSR count). The molecule has 0 saturated heterocycles. The number of halogens is 1. The summed E-state index contributed by atoms with van der Waals surface area (Å²) >= 11 is 0. The third-order valence-electron chi connectivity index (χ3n) is 2.63. The maximum atomic E-state index is 13.1. The van der Waals surface area contributed by atoms with Gasteiger partial charge in [-0.15, -0.1) is 0 Å². The average Bonchev–Trinajstić information content (AvgIpc) is 2.46. The largest absolute Gasteiger partial charge is 0.478 e. The lowest BCUT2D eigenvalue weighted by atomic mass is 10.2. The van der Waals surface area contributed by atoms with E-state index in [4.69, 9.17) is 10.4 Å². The third-order valence-corrected chi connectivity index (χ3v) is 2.63. The molecule has 0 aliphatic heterocycles. The molecule has 0 bridgehead atoms. The molecule has 5 nitrogen and oxygen atoms in total. The maximum Gasteiger partial charge on any atom is 0.337 e. The fraction of sp³-hybridized carbons (Fsp3) is 0.0714. The first-order chi connectivity index (χ1) is 9.60. The van der Waals surface area contributed by atoms with Crippen LogP contribution in [0.15, 0.2) is 36.5 Å². The van der Waals surface area contributed by atoms with E-state index in [9.17, 15) is 9.18 Å². The van der Waals surface area contributed by atoms with Gasteiger partial charge in [0.2, 0.25) is 0 Å². The van der Waals surface area contributed by atoms with Crippen molar-refractivity contribution in [3.63, 3.8) is 0 Å². The molecule has 0 radical (unpaired) electrons. The Kier molecular flexibility index (Phi) is 3.91. The highest BCUT2D eigenvalue weighted by Gasteiger charge is 2.04. The van der Waals surface area contributed by atoms with E-state index in [1.54, 1.807) is 12.1 Å². The van der Waals surface area contributed by atoms with E-state index < -0.39 is 11.8 Å².